The molecule has 1 aromatic carbocycles. The number of hydrogen-bond donors (Lipinski definition) is 1. The molecule has 2 aliphatic heterocycles. The van der Waals surface area contributed by atoms with Crippen molar-refractivity contribution in [3.05, 3.63) is 52.4 Å². The molecule has 2 aromatic rings. The van der Waals surface area contributed by atoms with Crippen LogP contribution in [0.1, 0.15) is 30.9 Å². The van der Waals surface area contributed by atoms with E-state index in [1.54, 1.807) is 22.7 Å². The molecule has 1 aromatic heterocycles. The van der Waals surface area contributed by atoms with Crippen LogP contribution in [-0.4, -0.2) is 45.8 Å². The van der Waals surface area contributed by atoms with E-state index in [4.69, 9.17) is 5.11 Å². The lowest BCUT2D eigenvalue weighted by Gasteiger charge is -2.43. The van der Waals surface area contributed by atoms with Crippen molar-refractivity contribution in [3.63, 3.8) is 0 Å². The van der Waals surface area contributed by atoms with E-state index in [9.17, 15) is 14.4 Å². The van der Waals surface area contributed by atoms with Crippen molar-refractivity contribution >= 4 is 23.6 Å². The highest BCUT2D eigenvalue weighted by molar-refractivity contribution is 7.98. The zero-order valence-corrected chi connectivity index (χ0v) is 17.2. The highest BCUT2D eigenvalue weighted by atomic mass is 32.2. The summed E-state index contributed by atoms with van der Waals surface area (Å²) in [6, 6.07) is 11.9. The monoisotopic (exact) mass is 412 g/mol. The normalized spacial score (nSPS) is 20.2. The highest BCUT2D eigenvalue weighted by Crippen LogP contribution is 2.40. The number of carboxylic acids is 1. The standard InChI is InChI=1S/C22H24N2O4S/c1-29-17-4-2-15(3-5-17)18-6-7-20(26)24-12-14-10-16(22(18)24)13-23(11-14)19(25)8-9-21(27)28/h2-7,14,16H,8-13H2,1H3,(H,27,28)/t14-,16+/m0/s1. The summed E-state index contributed by atoms with van der Waals surface area (Å²) < 4.78 is 1.88. The van der Waals surface area contributed by atoms with Gasteiger partial charge in [-0.3, -0.25) is 14.4 Å². The average molecular weight is 413 g/mol. The molecule has 6 nitrogen and oxygen atoms in total. The Labute approximate surface area is 173 Å². The lowest BCUT2D eigenvalue weighted by molar-refractivity contribution is -0.141. The molecule has 29 heavy (non-hydrogen) atoms. The van der Waals surface area contributed by atoms with Gasteiger partial charge in [-0.25, -0.2) is 0 Å². The number of thioether (sulfide) groups is 1. The number of fused-ring (bicyclic) bond motifs is 4. The molecule has 0 radical (unpaired) electrons. The third-order valence-corrected chi connectivity index (χ3v) is 6.64. The number of hydrogen-bond acceptors (Lipinski definition) is 4. The molecule has 2 aliphatic rings. The van der Waals surface area contributed by atoms with E-state index in [2.05, 4.69) is 24.3 Å². The van der Waals surface area contributed by atoms with E-state index in [-0.39, 0.29) is 36.1 Å². The number of nitrogens with zero attached hydrogens (tertiary/aromatic N) is 2. The molecule has 0 saturated carbocycles. The lowest BCUT2D eigenvalue weighted by atomic mass is 9.80. The Morgan fingerprint density at radius 1 is 1.07 bits per heavy atom. The third kappa shape index (κ3) is 3.96. The minimum absolute atomic E-state index is 0.00448. The Morgan fingerprint density at radius 3 is 2.52 bits per heavy atom. The predicted molar refractivity (Wildman–Crippen MR) is 112 cm³/mol. The summed E-state index contributed by atoms with van der Waals surface area (Å²) in [7, 11) is 0. The van der Waals surface area contributed by atoms with Gasteiger partial charge in [-0.2, -0.15) is 0 Å². The number of rotatable bonds is 5. The van der Waals surface area contributed by atoms with Gasteiger partial charge < -0.3 is 14.6 Å². The van der Waals surface area contributed by atoms with Gasteiger partial charge in [0.2, 0.25) is 5.91 Å². The summed E-state index contributed by atoms with van der Waals surface area (Å²) in [6.07, 6.45) is 2.87. The molecule has 7 heteroatoms. The molecule has 1 amide bonds. The molecule has 0 spiro atoms. The van der Waals surface area contributed by atoms with Crippen LogP contribution in [0.4, 0.5) is 0 Å². The topological polar surface area (TPSA) is 79.6 Å². The number of likely N-dealkylation sites (tertiary alicyclic amines) is 1. The second-order valence-corrected chi connectivity index (χ2v) is 8.68. The fraction of sp³-hybridized carbons (Fsp3) is 0.409. The Balaban J connectivity index is 1.67. The van der Waals surface area contributed by atoms with Crippen LogP contribution in [0.25, 0.3) is 11.1 Å². The SMILES string of the molecule is CSc1ccc(-c2ccc(=O)n3c2[C@@H]2C[C@@H](CN(C(=O)CCC(=O)O)C2)C3)cc1. The second kappa shape index (κ2) is 8.06. The van der Waals surface area contributed by atoms with Crippen molar-refractivity contribution in [1.82, 2.24) is 9.47 Å². The minimum atomic E-state index is -0.955. The summed E-state index contributed by atoms with van der Waals surface area (Å²) in [4.78, 5) is 38.9. The molecule has 2 bridgehead atoms. The first-order chi connectivity index (χ1) is 14.0. The minimum Gasteiger partial charge on any atom is -0.481 e. The van der Waals surface area contributed by atoms with Gasteiger partial charge in [-0.1, -0.05) is 12.1 Å². The average Bonchev–Trinajstić information content (AvgIpc) is 2.72. The number of amides is 1. The first kappa shape index (κ1) is 19.8. The van der Waals surface area contributed by atoms with Crippen LogP contribution < -0.4 is 5.56 Å². The molecular formula is C22H24N2O4S. The molecule has 0 aliphatic carbocycles. The van der Waals surface area contributed by atoms with E-state index < -0.39 is 5.97 Å². The molecule has 152 valence electrons. The van der Waals surface area contributed by atoms with Gasteiger partial charge in [-0.15, -0.1) is 11.8 Å². The van der Waals surface area contributed by atoms with Crippen LogP contribution in [0.5, 0.6) is 0 Å². The van der Waals surface area contributed by atoms with Gasteiger partial charge in [0.05, 0.1) is 6.42 Å². The van der Waals surface area contributed by atoms with Crippen molar-refractivity contribution in [3.8, 4) is 11.1 Å². The van der Waals surface area contributed by atoms with Crippen LogP contribution in [0.15, 0.2) is 46.1 Å². The first-order valence-electron chi connectivity index (χ1n) is 9.84. The molecule has 1 fully saturated rings. The quantitative estimate of drug-likeness (QED) is 0.764. The van der Waals surface area contributed by atoms with Crippen molar-refractivity contribution in [2.24, 2.45) is 5.92 Å². The van der Waals surface area contributed by atoms with Crippen molar-refractivity contribution in [1.29, 1.82) is 0 Å². The van der Waals surface area contributed by atoms with E-state index >= 15 is 0 Å². The van der Waals surface area contributed by atoms with Crippen LogP contribution in [0, 0.1) is 5.92 Å². The molecule has 0 unspecified atom stereocenters. The molecular weight excluding hydrogens is 388 g/mol. The van der Waals surface area contributed by atoms with Gasteiger partial charge in [-0.05, 0) is 42.4 Å². The van der Waals surface area contributed by atoms with Crippen LogP contribution >= 0.6 is 11.8 Å². The third-order valence-electron chi connectivity index (χ3n) is 5.90. The van der Waals surface area contributed by atoms with Crippen LogP contribution in [0.3, 0.4) is 0 Å². The molecule has 4 rings (SSSR count). The zero-order chi connectivity index (χ0) is 20.5. The Morgan fingerprint density at radius 2 is 1.83 bits per heavy atom. The maximum absolute atomic E-state index is 12.6. The molecule has 2 atom stereocenters. The molecule has 3 heterocycles. The number of aliphatic carboxylic acids is 1. The van der Waals surface area contributed by atoms with Gasteiger partial charge in [0, 0.05) is 54.2 Å². The summed E-state index contributed by atoms with van der Waals surface area (Å²) >= 11 is 1.69. The first-order valence-corrected chi connectivity index (χ1v) is 11.1. The van der Waals surface area contributed by atoms with Crippen LogP contribution in [0.2, 0.25) is 0 Å². The van der Waals surface area contributed by atoms with Crippen molar-refractivity contribution in [2.75, 3.05) is 19.3 Å². The summed E-state index contributed by atoms with van der Waals surface area (Å²) in [5.74, 6) is -0.759. The highest BCUT2D eigenvalue weighted by Gasteiger charge is 2.37. The number of pyridine rings is 1. The van der Waals surface area contributed by atoms with Gasteiger partial charge in [0.15, 0.2) is 0 Å². The van der Waals surface area contributed by atoms with Gasteiger partial charge in [0.25, 0.3) is 5.56 Å². The summed E-state index contributed by atoms with van der Waals surface area (Å²) in [5.41, 5.74) is 3.12. The zero-order valence-electron chi connectivity index (χ0n) is 16.3. The number of carbonyl (C=O) groups is 2. The van der Waals surface area contributed by atoms with Gasteiger partial charge in [0.1, 0.15) is 0 Å². The second-order valence-electron chi connectivity index (χ2n) is 7.80. The van der Waals surface area contributed by atoms with E-state index in [1.165, 1.54) is 4.90 Å². The largest absolute Gasteiger partial charge is 0.481 e. The Kier molecular flexibility index (Phi) is 5.50. The number of carboxylic acid groups (broad SMARTS) is 1. The number of aromatic nitrogens is 1. The summed E-state index contributed by atoms with van der Waals surface area (Å²) in [5, 5.41) is 8.87. The Bertz CT molecular complexity index is 999. The summed E-state index contributed by atoms with van der Waals surface area (Å²) in [6.45, 7) is 1.73. The van der Waals surface area contributed by atoms with Crippen molar-refractivity contribution < 1.29 is 14.7 Å². The number of piperidine rings is 1. The molecule has 1 saturated heterocycles. The van der Waals surface area contributed by atoms with E-state index in [1.807, 2.05) is 16.9 Å². The predicted octanol–water partition coefficient (Wildman–Crippen LogP) is 3.05. The smallest absolute Gasteiger partial charge is 0.303 e. The van der Waals surface area contributed by atoms with Crippen LogP contribution in [-0.2, 0) is 16.1 Å². The Hall–Kier alpha value is -2.54. The lowest BCUT2D eigenvalue weighted by Crippen LogP contribution is -2.49. The van der Waals surface area contributed by atoms with Gasteiger partial charge >= 0.3 is 5.97 Å². The van der Waals surface area contributed by atoms with E-state index in [0.717, 1.165) is 23.2 Å². The maximum atomic E-state index is 12.6. The van der Waals surface area contributed by atoms with E-state index in [0.29, 0.717) is 19.6 Å². The number of carbonyl (C=O) groups excluding carboxylic acids is 1. The molecule has 1 N–H and O–H groups in total. The fourth-order valence-electron chi connectivity index (χ4n) is 4.61. The van der Waals surface area contributed by atoms with Crippen molar-refractivity contribution in [2.45, 2.75) is 36.6 Å². The number of benzene rings is 1. The fourth-order valence-corrected chi connectivity index (χ4v) is 5.01. The maximum Gasteiger partial charge on any atom is 0.303 e.